The first kappa shape index (κ1) is 16.9. The standard InChI is InChI=1S/C19H23NO3/c1-4-5-14-6-8-15(9-7-14)13-20-16-10-11-17(19(21)23-3)18(12-16)22-2/h6-12,20H,4-5,13H2,1-3H3. The van der Waals surface area contributed by atoms with Crippen molar-refractivity contribution in [3.8, 4) is 5.75 Å². The Kier molecular flexibility index (Phi) is 6.03. The molecule has 0 aliphatic carbocycles. The molecule has 0 aromatic heterocycles. The third kappa shape index (κ3) is 4.49. The van der Waals surface area contributed by atoms with Crippen LogP contribution in [0, 0.1) is 0 Å². The first-order chi connectivity index (χ1) is 11.2. The van der Waals surface area contributed by atoms with Crippen LogP contribution in [0.25, 0.3) is 0 Å². The molecule has 0 bridgehead atoms. The highest BCUT2D eigenvalue weighted by atomic mass is 16.5. The summed E-state index contributed by atoms with van der Waals surface area (Å²) in [6, 6.07) is 14.0. The highest BCUT2D eigenvalue weighted by Gasteiger charge is 2.12. The second kappa shape index (κ2) is 8.22. The Labute approximate surface area is 137 Å². The Hall–Kier alpha value is -2.49. The second-order valence-corrected chi connectivity index (χ2v) is 5.33. The minimum absolute atomic E-state index is 0.403. The number of benzene rings is 2. The Morgan fingerprint density at radius 3 is 2.35 bits per heavy atom. The summed E-state index contributed by atoms with van der Waals surface area (Å²) >= 11 is 0. The Balaban J connectivity index is 2.04. The number of anilines is 1. The predicted octanol–water partition coefficient (Wildman–Crippen LogP) is 4.05. The lowest BCUT2D eigenvalue weighted by Gasteiger charge is -2.11. The monoisotopic (exact) mass is 313 g/mol. The molecule has 0 fully saturated rings. The van der Waals surface area contributed by atoms with Gasteiger partial charge in [0, 0.05) is 18.3 Å². The van der Waals surface area contributed by atoms with E-state index in [4.69, 9.17) is 9.47 Å². The van der Waals surface area contributed by atoms with Crippen molar-refractivity contribution < 1.29 is 14.3 Å². The topological polar surface area (TPSA) is 47.6 Å². The van der Waals surface area contributed by atoms with E-state index in [0.717, 1.165) is 18.5 Å². The van der Waals surface area contributed by atoms with Crippen molar-refractivity contribution >= 4 is 11.7 Å². The molecule has 0 saturated heterocycles. The molecule has 0 aliphatic rings. The summed E-state index contributed by atoms with van der Waals surface area (Å²) in [5, 5.41) is 3.34. The zero-order chi connectivity index (χ0) is 16.7. The molecule has 122 valence electrons. The van der Waals surface area contributed by atoms with Crippen LogP contribution in [-0.2, 0) is 17.7 Å². The van der Waals surface area contributed by atoms with Gasteiger partial charge in [-0.1, -0.05) is 37.6 Å². The summed E-state index contributed by atoms with van der Waals surface area (Å²) in [7, 11) is 2.90. The van der Waals surface area contributed by atoms with Gasteiger partial charge in [-0.25, -0.2) is 4.79 Å². The maximum absolute atomic E-state index is 11.6. The number of rotatable bonds is 7. The van der Waals surface area contributed by atoms with Crippen molar-refractivity contribution in [2.24, 2.45) is 0 Å². The molecule has 23 heavy (non-hydrogen) atoms. The quantitative estimate of drug-likeness (QED) is 0.784. The van der Waals surface area contributed by atoms with E-state index in [1.54, 1.807) is 12.1 Å². The third-order valence-corrected chi connectivity index (χ3v) is 3.67. The number of esters is 1. The van der Waals surface area contributed by atoms with Gasteiger partial charge in [0.15, 0.2) is 0 Å². The number of carbonyl (C=O) groups is 1. The number of nitrogens with one attached hydrogen (secondary N) is 1. The number of ether oxygens (including phenoxy) is 2. The van der Waals surface area contributed by atoms with Crippen LogP contribution in [0.4, 0.5) is 5.69 Å². The molecule has 0 aliphatic heterocycles. The third-order valence-electron chi connectivity index (χ3n) is 3.67. The van der Waals surface area contributed by atoms with Gasteiger partial charge in [0.05, 0.1) is 14.2 Å². The van der Waals surface area contributed by atoms with Gasteiger partial charge in [-0.2, -0.15) is 0 Å². The van der Waals surface area contributed by atoms with E-state index in [1.165, 1.54) is 25.3 Å². The van der Waals surface area contributed by atoms with E-state index >= 15 is 0 Å². The predicted molar refractivity (Wildman–Crippen MR) is 92.1 cm³/mol. The first-order valence-electron chi connectivity index (χ1n) is 7.76. The van der Waals surface area contributed by atoms with Crippen LogP contribution >= 0.6 is 0 Å². The molecule has 0 radical (unpaired) electrons. The van der Waals surface area contributed by atoms with Gasteiger partial charge in [0.2, 0.25) is 0 Å². The molecular weight excluding hydrogens is 290 g/mol. The number of aryl methyl sites for hydroxylation is 1. The van der Waals surface area contributed by atoms with E-state index < -0.39 is 5.97 Å². The normalized spacial score (nSPS) is 10.2. The first-order valence-corrected chi connectivity index (χ1v) is 7.76. The second-order valence-electron chi connectivity index (χ2n) is 5.33. The molecule has 0 atom stereocenters. The van der Waals surface area contributed by atoms with Gasteiger partial charge < -0.3 is 14.8 Å². The maximum Gasteiger partial charge on any atom is 0.341 e. The lowest BCUT2D eigenvalue weighted by atomic mass is 10.1. The molecule has 2 rings (SSSR count). The van der Waals surface area contributed by atoms with Crippen LogP contribution in [0.5, 0.6) is 5.75 Å². The van der Waals surface area contributed by atoms with E-state index in [-0.39, 0.29) is 0 Å². The van der Waals surface area contributed by atoms with E-state index in [2.05, 4.69) is 36.5 Å². The zero-order valence-electron chi connectivity index (χ0n) is 13.9. The lowest BCUT2D eigenvalue weighted by Crippen LogP contribution is -2.05. The molecule has 0 unspecified atom stereocenters. The summed E-state index contributed by atoms with van der Waals surface area (Å²) < 4.78 is 10.0. The van der Waals surface area contributed by atoms with E-state index in [9.17, 15) is 4.79 Å². The number of carbonyl (C=O) groups excluding carboxylic acids is 1. The van der Waals surface area contributed by atoms with Crippen molar-refractivity contribution in [1.82, 2.24) is 0 Å². The molecular formula is C19H23NO3. The minimum atomic E-state index is -0.403. The van der Waals surface area contributed by atoms with Crippen molar-refractivity contribution in [1.29, 1.82) is 0 Å². The van der Waals surface area contributed by atoms with Gasteiger partial charge in [0.1, 0.15) is 11.3 Å². The van der Waals surface area contributed by atoms with Crippen LogP contribution in [0.3, 0.4) is 0 Å². The number of hydrogen-bond acceptors (Lipinski definition) is 4. The Morgan fingerprint density at radius 2 is 1.74 bits per heavy atom. The average Bonchev–Trinajstić information content (AvgIpc) is 2.60. The summed E-state index contributed by atoms with van der Waals surface area (Å²) in [6.45, 7) is 2.90. The smallest absolute Gasteiger partial charge is 0.341 e. The fourth-order valence-electron chi connectivity index (χ4n) is 2.40. The summed E-state index contributed by atoms with van der Waals surface area (Å²) in [4.78, 5) is 11.6. The minimum Gasteiger partial charge on any atom is -0.496 e. The maximum atomic E-state index is 11.6. The number of methoxy groups -OCH3 is 2. The Bertz CT molecular complexity index is 650. The summed E-state index contributed by atoms with van der Waals surface area (Å²) in [6.07, 6.45) is 2.27. The highest BCUT2D eigenvalue weighted by Crippen LogP contribution is 2.24. The van der Waals surface area contributed by atoms with Crippen LogP contribution in [0.1, 0.15) is 34.8 Å². The van der Waals surface area contributed by atoms with Gasteiger partial charge in [-0.3, -0.25) is 0 Å². The number of hydrogen-bond donors (Lipinski definition) is 1. The van der Waals surface area contributed by atoms with Gasteiger partial charge in [0.25, 0.3) is 0 Å². The van der Waals surface area contributed by atoms with E-state index in [0.29, 0.717) is 17.9 Å². The molecule has 0 amide bonds. The molecule has 4 heteroatoms. The van der Waals surface area contributed by atoms with Crippen LogP contribution in [0.15, 0.2) is 42.5 Å². The molecule has 4 nitrogen and oxygen atoms in total. The molecule has 0 saturated carbocycles. The van der Waals surface area contributed by atoms with Gasteiger partial charge >= 0.3 is 5.97 Å². The SMILES string of the molecule is CCCc1ccc(CNc2ccc(C(=O)OC)c(OC)c2)cc1. The van der Waals surface area contributed by atoms with E-state index in [1.807, 2.05) is 6.07 Å². The molecule has 1 N–H and O–H groups in total. The lowest BCUT2D eigenvalue weighted by molar-refractivity contribution is 0.0597. The van der Waals surface area contributed by atoms with Gasteiger partial charge in [-0.15, -0.1) is 0 Å². The molecule has 2 aromatic rings. The van der Waals surface area contributed by atoms with Crippen LogP contribution in [-0.4, -0.2) is 20.2 Å². The summed E-state index contributed by atoms with van der Waals surface area (Å²) in [5.41, 5.74) is 3.89. The molecule has 0 heterocycles. The largest absolute Gasteiger partial charge is 0.496 e. The van der Waals surface area contributed by atoms with Crippen LogP contribution in [0.2, 0.25) is 0 Å². The van der Waals surface area contributed by atoms with Gasteiger partial charge in [-0.05, 0) is 29.7 Å². The van der Waals surface area contributed by atoms with Crippen molar-refractivity contribution in [3.05, 3.63) is 59.2 Å². The highest BCUT2D eigenvalue weighted by molar-refractivity contribution is 5.93. The zero-order valence-corrected chi connectivity index (χ0v) is 13.9. The van der Waals surface area contributed by atoms with Crippen molar-refractivity contribution in [2.45, 2.75) is 26.3 Å². The van der Waals surface area contributed by atoms with Crippen molar-refractivity contribution in [3.63, 3.8) is 0 Å². The summed E-state index contributed by atoms with van der Waals surface area (Å²) in [5.74, 6) is 0.0973. The van der Waals surface area contributed by atoms with Crippen molar-refractivity contribution in [2.75, 3.05) is 19.5 Å². The van der Waals surface area contributed by atoms with Crippen LogP contribution < -0.4 is 10.1 Å². The fraction of sp³-hybridized carbons (Fsp3) is 0.316. The molecule has 2 aromatic carbocycles. The average molecular weight is 313 g/mol. The molecule has 0 spiro atoms. The Morgan fingerprint density at radius 1 is 1.04 bits per heavy atom. The fourth-order valence-corrected chi connectivity index (χ4v) is 2.40.